The molecule has 5 nitrogen and oxygen atoms in total. The number of esters is 1. The van der Waals surface area contributed by atoms with Gasteiger partial charge in [0.2, 0.25) is 0 Å². The third kappa shape index (κ3) is 8.81. The number of rotatable bonds is 10. The number of aryl methyl sites for hydroxylation is 2. The van der Waals surface area contributed by atoms with Gasteiger partial charge in [0.25, 0.3) is 0 Å². The molecule has 0 radical (unpaired) electrons. The number of carbonyl (C=O) groups excluding carboxylic acids is 1. The molecule has 0 aromatic carbocycles. The quantitative estimate of drug-likeness (QED) is 0.129. The minimum Gasteiger partial charge on any atom is -0.456 e. The predicted molar refractivity (Wildman–Crippen MR) is 115 cm³/mol. The number of aromatic nitrogens is 1. The molecule has 0 spiro atoms. The van der Waals surface area contributed by atoms with Crippen molar-refractivity contribution in [3.8, 4) is 11.8 Å². The van der Waals surface area contributed by atoms with E-state index in [9.17, 15) is 4.79 Å². The van der Waals surface area contributed by atoms with Gasteiger partial charge in [-0.1, -0.05) is 26.7 Å². The number of halogens is 1. The molecule has 0 bridgehead atoms. The molecular weight excluding hydrogens is 394 g/mol. The van der Waals surface area contributed by atoms with Gasteiger partial charge in [0, 0.05) is 24.6 Å². The van der Waals surface area contributed by atoms with Gasteiger partial charge in [-0.2, -0.15) is 0 Å². The smallest absolute Gasteiger partial charge is 0.384 e. The molecule has 0 saturated carbocycles. The van der Waals surface area contributed by atoms with E-state index in [0.29, 0.717) is 25.3 Å². The van der Waals surface area contributed by atoms with Gasteiger partial charge in [0.05, 0.1) is 12.8 Å². The molecule has 1 aromatic heterocycles. The lowest BCUT2D eigenvalue weighted by Crippen LogP contribution is -2.43. The molecule has 1 rings (SSSR count). The van der Waals surface area contributed by atoms with Gasteiger partial charge in [-0.25, -0.2) is 9.78 Å². The lowest BCUT2D eigenvalue weighted by molar-refractivity contribution is -0.136. The lowest BCUT2D eigenvalue weighted by atomic mass is 10.2. The van der Waals surface area contributed by atoms with Crippen LogP contribution in [-0.2, 0) is 26.8 Å². The number of hydrogen-bond acceptors (Lipinski definition) is 5. The van der Waals surface area contributed by atoms with Gasteiger partial charge < -0.3 is 13.6 Å². The first-order valence-electron chi connectivity index (χ1n) is 9.94. The van der Waals surface area contributed by atoms with Gasteiger partial charge in [-0.3, -0.25) is 0 Å². The summed E-state index contributed by atoms with van der Waals surface area (Å²) in [5.41, 5.74) is 0. The van der Waals surface area contributed by atoms with Crippen LogP contribution in [-0.4, -0.2) is 37.9 Å². The summed E-state index contributed by atoms with van der Waals surface area (Å²) in [6.07, 6.45) is 5.40. The predicted octanol–water partition coefficient (Wildman–Crippen LogP) is 5.13. The van der Waals surface area contributed by atoms with Gasteiger partial charge in [0.15, 0.2) is 14.2 Å². The highest BCUT2D eigenvalue weighted by molar-refractivity contribution is 6.74. The summed E-state index contributed by atoms with van der Waals surface area (Å²) in [6, 6.07) is 0. The average molecular weight is 428 g/mol. The van der Waals surface area contributed by atoms with E-state index in [-0.39, 0.29) is 11.1 Å². The molecule has 0 aliphatic heterocycles. The Morgan fingerprint density at radius 2 is 2.04 bits per heavy atom. The van der Waals surface area contributed by atoms with Crippen molar-refractivity contribution in [2.24, 2.45) is 0 Å². The van der Waals surface area contributed by atoms with E-state index in [0.717, 1.165) is 30.9 Å². The van der Waals surface area contributed by atoms with Crippen LogP contribution in [0.3, 0.4) is 0 Å². The Kier molecular flexibility index (Phi) is 10.3. The van der Waals surface area contributed by atoms with Crippen LogP contribution in [0, 0.1) is 11.8 Å². The number of nitrogens with zero attached hydrogens (tertiary/aromatic N) is 1. The summed E-state index contributed by atoms with van der Waals surface area (Å²) >= 11 is 5.71. The maximum atomic E-state index is 11.6. The molecule has 0 N–H and O–H groups in total. The maximum Gasteiger partial charge on any atom is 0.384 e. The Labute approximate surface area is 175 Å². The highest BCUT2D eigenvalue weighted by Gasteiger charge is 2.38. The summed E-state index contributed by atoms with van der Waals surface area (Å²) in [5.74, 6) is 7.20. The Morgan fingerprint density at radius 3 is 2.64 bits per heavy atom. The fourth-order valence-corrected chi connectivity index (χ4v) is 3.65. The Hall–Kier alpha value is -1.29. The van der Waals surface area contributed by atoms with Crippen LogP contribution in [0.4, 0.5) is 0 Å². The minimum atomic E-state index is -2.03. The zero-order valence-corrected chi connectivity index (χ0v) is 19.8. The van der Waals surface area contributed by atoms with Gasteiger partial charge in [-0.15, -0.1) is 11.6 Å². The van der Waals surface area contributed by atoms with Crippen LogP contribution in [0.1, 0.15) is 58.6 Å². The first kappa shape index (κ1) is 24.7. The van der Waals surface area contributed by atoms with E-state index in [2.05, 4.69) is 50.7 Å². The van der Waals surface area contributed by atoms with Crippen LogP contribution in [0.25, 0.3) is 0 Å². The van der Waals surface area contributed by atoms with Crippen molar-refractivity contribution < 1.29 is 18.4 Å². The molecule has 1 atom stereocenters. The molecule has 1 aromatic rings. The summed E-state index contributed by atoms with van der Waals surface area (Å²) in [6.45, 7) is 13.0. The fourth-order valence-electron chi connectivity index (χ4n) is 2.22. The van der Waals surface area contributed by atoms with Crippen LogP contribution in [0.2, 0.25) is 18.1 Å². The fraction of sp³-hybridized carbons (Fsp3) is 0.714. The SMILES string of the molecule is CCOC(=O)C#CC(CCc1cnc(CCCCCl)o1)O[Si](C)(C)C(C)(C)C. The van der Waals surface area contributed by atoms with Crippen LogP contribution in [0.5, 0.6) is 0 Å². The third-order valence-electron chi connectivity index (χ3n) is 4.88. The van der Waals surface area contributed by atoms with Gasteiger partial charge in [0.1, 0.15) is 11.9 Å². The number of ether oxygens (including phenoxy) is 1. The summed E-state index contributed by atoms with van der Waals surface area (Å²) in [5, 5.41) is 0.0543. The second kappa shape index (κ2) is 11.6. The van der Waals surface area contributed by atoms with Crippen molar-refractivity contribution in [3.05, 3.63) is 17.8 Å². The third-order valence-corrected chi connectivity index (χ3v) is 9.64. The molecule has 1 heterocycles. The second-order valence-electron chi connectivity index (χ2n) is 8.26. The molecule has 0 amide bonds. The van der Waals surface area contributed by atoms with Crippen molar-refractivity contribution in [1.82, 2.24) is 4.98 Å². The number of unbranched alkanes of at least 4 members (excludes halogenated alkanes) is 1. The Bertz CT molecular complexity index is 670. The Morgan fingerprint density at radius 1 is 1.32 bits per heavy atom. The van der Waals surface area contributed by atoms with E-state index in [1.807, 2.05) is 0 Å². The maximum absolute atomic E-state index is 11.6. The summed E-state index contributed by atoms with van der Waals surface area (Å²) in [7, 11) is -2.03. The van der Waals surface area contributed by atoms with Crippen molar-refractivity contribution in [3.63, 3.8) is 0 Å². The number of oxazole rings is 1. The molecule has 0 aliphatic carbocycles. The molecule has 1 unspecified atom stereocenters. The van der Waals surface area contributed by atoms with Crippen molar-refractivity contribution in [1.29, 1.82) is 0 Å². The zero-order chi connectivity index (χ0) is 21.2. The van der Waals surface area contributed by atoms with Gasteiger partial charge >= 0.3 is 5.97 Å². The largest absolute Gasteiger partial charge is 0.456 e. The first-order chi connectivity index (χ1) is 13.1. The summed E-state index contributed by atoms with van der Waals surface area (Å²) < 4.78 is 17.1. The van der Waals surface area contributed by atoms with E-state index < -0.39 is 14.3 Å². The van der Waals surface area contributed by atoms with Crippen molar-refractivity contribution >= 4 is 25.9 Å². The normalized spacial score (nSPS) is 13.0. The molecule has 0 fully saturated rings. The summed E-state index contributed by atoms with van der Waals surface area (Å²) in [4.78, 5) is 16.0. The van der Waals surface area contributed by atoms with Crippen molar-refractivity contribution in [2.75, 3.05) is 12.5 Å². The Balaban J connectivity index is 2.78. The first-order valence-corrected chi connectivity index (χ1v) is 13.4. The van der Waals surface area contributed by atoms with E-state index >= 15 is 0 Å². The van der Waals surface area contributed by atoms with Crippen LogP contribution >= 0.6 is 11.6 Å². The molecule has 158 valence electrons. The van der Waals surface area contributed by atoms with E-state index in [1.165, 1.54) is 0 Å². The monoisotopic (exact) mass is 427 g/mol. The lowest BCUT2D eigenvalue weighted by Gasteiger charge is -2.38. The number of hydrogen-bond donors (Lipinski definition) is 0. The highest BCUT2D eigenvalue weighted by Crippen LogP contribution is 2.37. The zero-order valence-electron chi connectivity index (χ0n) is 18.1. The van der Waals surface area contributed by atoms with E-state index in [1.54, 1.807) is 13.1 Å². The average Bonchev–Trinajstić information content (AvgIpc) is 3.04. The van der Waals surface area contributed by atoms with Crippen LogP contribution in [0.15, 0.2) is 10.6 Å². The highest BCUT2D eigenvalue weighted by atomic mass is 35.5. The molecule has 7 heteroatoms. The molecule has 28 heavy (non-hydrogen) atoms. The van der Waals surface area contributed by atoms with Crippen LogP contribution < -0.4 is 0 Å². The molecule has 0 saturated heterocycles. The second-order valence-corrected chi connectivity index (χ2v) is 13.4. The molecular formula is C21H34ClNO4Si. The minimum absolute atomic E-state index is 0.0543. The van der Waals surface area contributed by atoms with Crippen molar-refractivity contribution in [2.45, 2.75) is 84.0 Å². The van der Waals surface area contributed by atoms with E-state index in [4.69, 9.17) is 25.2 Å². The number of carbonyl (C=O) groups is 1. The topological polar surface area (TPSA) is 61.6 Å². The number of alkyl halides is 1. The standard InChI is InChI=1S/C21H34ClNO4Si/c1-7-25-20(24)14-13-17(27-28(5,6)21(2,3)4)11-12-18-16-23-19(26-18)10-8-9-15-22/h16-17H,7-12,15H2,1-6H3. The molecule has 0 aliphatic rings. The van der Waals surface area contributed by atoms with Gasteiger partial charge in [-0.05, 0) is 44.3 Å².